The Morgan fingerprint density at radius 2 is 1.59 bits per heavy atom. The summed E-state index contributed by atoms with van der Waals surface area (Å²) in [6.45, 7) is -0.173. The number of likely N-dealkylation sites (N-methyl/N-ethyl adjacent to an activating group) is 1. The molecule has 0 atom stereocenters. The van der Waals surface area contributed by atoms with E-state index in [1.54, 1.807) is 18.2 Å². The monoisotopic (exact) mass is 410 g/mol. The van der Waals surface area contributed by atoms with E-state index in [1.807, 2.05) is 42.5 Å². The topological polar surface area (TPSA) is 49.4 Å². The van der Waals surface area contributed by atoms with Crippen LogP contribution in [0.5, 0.6) is 0 Å². The van der Waals surface area contributed by atoms with Gasteiger partial charge in [0.15, 0.2) is 0 Å². The lowest BCUT2D eigenvalue weighted by molar-refractivity contribution is -0.129. The molecule has 0 spiro atoms. The standard InChI is InChI=1S/C23H20ClFN2O2/c1-27(15-19-20(24)8-5-9-21(19)25)22(28)14-26-23(29)18-12-10-17(11-13-18)16-6-3-2-4-7-16/h2-13H,14-15H2,1H3,(H,26,29). The summed E-state index contributed by atoms with van der Waals surface area (Å²) in [6.07, 6.45) is 0. The smallest absolute Gasteiger partial charge is 0.251 e. The molecule has 6 heteroatoms. The molecule has 3 rings (SSSR count). The van der Waals surface area contributed by atoms with E-state index in [0.29, 0.717) is 5.56 Å². The van der Waals surface area contributed by atoms with Crippen LogP contribution in [-0.2, 0) is 11.3 Å². The normalized spacial score (nSPS) is 10.4. The van der Waals surface area contributed by atoms with Gasteiger partial charge < -0.3 is 10.2 Å². The Morgan fingerprint density at radius 3 is 2.24 bits per heavy atom. The van der Waals surface area contributed by atoms with Crippen molar-refractivity contribution in [2.24, 2.45) is 0 Å². The van der Waals surface area contributed by atoms with Crippen LogP contribution < -0.4 is 5.32 Å². The molecule has 2 amide bonds. The highest BCUT2D eigenvalue weighted by Crippen LogP contribution is 2.21. The van der Waals surface area contributed by atoms with E-state index < -0.39 is 5.82 Å². The van der Waals surface area contributed by atoms with Crippen molar-refractivity contribution >= 4 is 23.4 Å². The number of rotatable bonds is 6. The number of benzene rings is 3. The van der Waals surface area contributed by atoms with Crippen LogP contribution in [-0.4, -0.2) is 30.3 Å². The van der Waals surface area contributed by atoms with Crippen molar-refractivity contribution in [1.82, 2.24) is 10.2 Å². The van der Waals surface area contributed by atoms with Crippen LogP contribution in [0.1, 0.15) is 15.9 Å². The first-order chi connectivity index (χ1) is 14.0. The van der Waals surface area contributed by atoms with Crippen LogP contribution in [0.3, 0.4) is 0 Å². The molecule has 0 radical (unpaired) electrons. The molecule has 0 unspecified atom stereocenters. The molecule has 0 bridgehead atoms. The van der Waals surface area contributed by atoms with Crippen molar-refractivity contribution in [3.63, 3.8) is 0 Å². The zero-order valence-electron chi connectivity index (χ0n) is 15.9. The maximum atomic E-state index is 13.9. The van der Waals surface area contributed by atoms with Gasteiger partial charge in [-0.1, -0.05) is 60.1 Å². The Labute approximate surface area is 173 Å². The van der Waals surface area contributed by atoms with Crippen LogP contribution in [0.2, 0.25) is 5.02 Å². The second-order valence-electron chi connectivity index (χ2n) is 6.58. The van der Waals surface area contributed by atoms with Gasteiger partial charge in [0.25, 0.3) is 5.91 Å². The van der Waals surface area contributed by atoms with Crippen LogP contribution in [0, 0.1) is 5.82 Å². The van der Waals surface area contributed by atoms with Crippen LogP contribution >= 0.6 is 11.6 Å². The first-order valence-electron chi connectivity index (χ1n) is 9.06. The highest BCUT2D eigenvalue weighted by molar-refractivity contribution is 6.31. The third kappa shape index (κ3) is 5.21. The van der Waals surface area contributed by atoms with E-state index in [-0.39, 0.29) is 35.5 Å². The van der Waals surface area contributed by atoms with Crippen molar-refractivity contribution < 1.29 is 14.0 Å². The zero-order chi connectivity index (χ0) is 20.8. The van der Waals surface area contributed by atoms with Crippen molar-refractivity contribution in [2.75, 3.05) is 13.6 Å². The molecule has 0 heterocycles. The van der Waals surface area contributed by atoms with Gasteiger partial charge in [0.1, 0.15) is 5.82 Å². The average Bonchev–Trinajstić information content (AvgIpc) is 2.75. The van der Waals surface area contributed by atoms with Gasteiger partial charge >= 0.3 is 0 Å². The summed E-state index contributed by atoms with van der Waals surface area (Å²) in [7, 11) is 1.53. The van der Waals surface area contributed by atoms with Gasteiger partial charge in [0, 0.05) is 29.7 Å². The molecule has 148 valence electrons. The Hall–Kier alpha value is -3.18. The van der Waals surface area contributed by atoms with Crippen molar-refractivity contribution in [1.29, 1.82) is 0 Å². The summed E-state index contributed by atoms with van der Waals surface area (Å²) in [5, 5.41) is 2.85. The zero-order valence-corrected chi connectivity index (χ0v) is 16.6. The van der Waals surface area contributed by atoms with Gasteiger partial charge in [0.05, 0.1) is 6.54 Å². The highest BCUT2D eigenvalue weighted by atomic mass is 35.5. The molecule has 3 aromatic rings. The molecular formula is C23H20ClFN2O2. The largest absolute Gasteiger partial charge is 0.343 e. The fourth-order valence-corrected chi connectivity index (χ4v) is 3.07. The second kappa shape index (κ2) is 9.34. The Bertz CT molecular complexity index is 987. The SMILES string of the molecule is CN(Cc1c(F)cccc1Cl)C(=O)CNC(=O)c1ccc(-c2ccccc2)cc1. The van der Waals surface area contributed by atoms with Gasteiger partial charge in [-0.05, 0) is 35.4 Å². The van der Waals surface area contributed by atoms with E-state index in [9.17, 15) is 14.0 Å². The lowest BCUT2D eigenvalue weighted by Gasteiger charge is -2.18. The van der Waals surface area contributed by atoms with Crippen LogP contribution in [0.25, 0.3) is 11.1 Å². The number of nitrogens with one attached hydrogen (secondary N) is 1. The number of hydrogen-bond acceptors (Lipinski definition) is 2. The number of carbonyl (C=O) groups is 2. The molecule has 0 fully saturated rings. The lowest BCUT2D eigenvalue weighted by atomic mass is 10.0. The fraction of sp³-hybridized carbons (Fsp3) is 0.130. The summed E-state index contributed by atoms with van der Waals surface area (Å²) in [5.41, 5.74) is 2.76. The first kappa shape index (κ1) is 20.6. The lowest BCUT2D eigenvalue weighted by Crippen LogP contribution is -2.38. The third-order valence-electron chi connectivity index (χ3n) is 4.54. The summed E-state index contributed by atoms with van der Waals surface area (Å²) >= 11 is 6.00. The third-order valence-corrected chi connectivity index (χ3v) is 4.89. The summed E-state index contributed by atoms with van der Waals surface area (Å²) in [5.74, 6) is -1.17. The minimum absolute atomic E-state index is 0.0198. The fourth-order valence-electron chi connectivity index (χ4n) is 2.85. The van der Waals surface area contributed by atoms with E-state index in [1.165, 1.54) is 24.1 Å². The Kier molecular flexibility index (Phi) is 6.62. The van der Waals surface area contributed by atoms with Gasteiger partial charge in [-0.2, -0.15) is 0 Å². The predicted octanol–water partition coefficient (Wildman–Crippen LogP) is 4.53. The summed E-state index contributed by atoms with van der Waals surface area (Å²) in [4.78, 5) is 25.9. The molecule has 0 aromatic heterocycles. The molecule has 0 aliphatic carbocycles. The number of carbonyl (C=O) groups excluding carboxylic acids is 2. The van der Waals surface area contributed by atoms with Crippen LogP contribution in [0.15, 0.2) is 72.8 Å². The van der Waals surface area contributed by atoms with E-state index in [4.69, 9.17) is 11.6 Å². The molecule has 0 saturated carbocycles. The number of nitrogens with zero attached hydrogens (tertiary/aromatic N) is 1. The van der Waals surface area contributed by atoms with Crippen molar-refractivity contribution in [2.45, 2.75) is 6.54 Å². The predicted molar refractivity (Wildman–Crippen MR) is 112 cm³/mol. The molecule has 1 N–H and O–H groups in total. The minimum Gasteiger partial charge on any atom is -0.343 e. The van der Waals surface area contributed by atoms with Gasteiger partial charge in [-0.25, -0.2) is 4.39 Å². The number of halogens is 2. The van der Waals surface area contributed by atoms with E-state index >= 15 is 0 Å². The van der Waals surface area contributed by atoms with Gasteiger partial charge in [0.2, 0.25) is 5.91 Å². The molecule has 4 nitrogen and oxygen atoms in total. The number of amides is 2. The molecule has 29 heavy (non-hydrogen) atoms. The average molecular weight is 411 g/mol. The molecule has 3 aromatic carbocycles. The maximum absolute atomic E-state index is 13.9. The minimum atomic E-state index is -0.473. The second-order valence-corrected chi connectivity index (χ2v) is 6.98. The molecule has 0 saturated heterocycles. The molecular weight excluding hydrogens is 391 g/mol. The van der Waals surface area contributed by atoms with Crippen molar-refractivity contribution in [3.8, 4) is 11.1 Å². The van der Waals surface area contributed by atoms with E-state index in [2.05, 4.69) is 5.32 Å². The van der Waals surface area contributed by atoms with Gasteiger partial charge in [-0.3, -0.25) is 9.59 Å². The molecule has 0 aliphatic heterocycles. The highest BCUT2D eigenvalue weighted by Gasteiger charge is 2.15. The summed E-state index contributed by atoms with van der Waals surface area (Å²) in [6, 6.07) is 21.3. The van der Waals surface area contributed by atoms with Gasteiger partial charge in [-0.15, -0.1) is 0 Å². The Morgan fingerprint density at radius 1 is 0.931 bits per heavy atom. The Balaban J connectivity index is 1.56. The quantitative estimate of drug-likeness (QED) is 0.648. The van der Waals surface area contributed by atoms with E-state index in [0.717, 1.165) is 11.1 Å². The molecule has 0 aliphatic rings. The maximum Gasteiger partial charge on any atom is 0.251 e. The number of hydrogen-bond donors (Lipinski definition) is 1. The van der Waals surface area contributed by atoms with Crippen LogP contribution in [0.4, 0.5) is 4.39 Å². The van der Waals surface area contributed by atoms with Crippen molar-refractivity contribution in [3.05, 3.63) is 94.8 Å². The first-order valence-corrected chi connectivity index (χ1v) is 9.44. The summed E-state index contributed by atoms with van der Waals surface area (Å²) < 4.78 is 13.9.